The Morgan fingerprint density at radius 3 is 2.79 bits per heavy atom. The highest BCUT2D eigenvalue weighted by Crippen LogP contribution is 2.25. The maximum atomic E-state index is 5.68. The van der Waals surface area contributed by atoms with Crippen LogP contribution in [0.3, 0.4) is 0 Å². The Morgan fingerprint density at radius 2 is 2.21 bits per heavy atom. The third kappa shape index (κ3) is 2.19. The number of nitrogens with two attached hydrogens (primary N) is 1. The molecule has 3 nitrogen and oxygen atoms in total. The van der Waals surface area contributed by atoms with Gasteiger partial charge >= 0.3 is 0 Å². The minimum atomic E-state index is 0.603. The summed E-state index contributed by atoms with van der Waals surface area (Å²) in [4.78, 5) is 0. The van der Waals surface area contributed by atoms with Gasteiger partial charge in [0.1, 0.15) is 11.5 Å². The summed E-state index contributed by atoms with van der Waals surface area (Å²) in [6.07, 6.45) is 0. The fourth-order valence-electron chi connectivity index (χ4n) is 1.14. The summed E-state index contributed by atoms with van der Waals surface area (Å²) in [5.74, 6) is 1.27. The Kier molecular flexibility index (Phi) is 3.40. The zero-order valence-electron chi connectivity index (χ0n) is 8.54. The molecule has 0 aliphatic rings. The highest BCUT2D eigenvalue weighted by atomic mass is 16.5. The van der Waals surface area contributed by atoms with Crippen molar-refractivity contribution in [3.8, 4) is 5.75 Å². The SMILES string of the molecule is C=C(OCC)c1ccc(N)c(OC)c1. The number of hydrogen-bond acceptors (Lipinski definition) is 3. The van der Waals surface area contributed by atoms with Crippen molar-refractivity contribution in [2.45, 2.75) is 6.92 Å². The van der Waals surface area contributed by atoms with Crippen molar-refractivity contribution < 1.29 is 9.47 Å². The first-order valence-electron chi connectivity index (χ1n) is 4.44. The molecule has 0 bridgehead atoms. The van der Waals surface area contributed by atoms with Crippen LogP contribution in [0, 0.1) is 0 Å². The molecule has 2 N–H and O–H groups in total. The quantitative estimate of drug-likeness (QED) is 0.589. The number of methoxy groups -OCH3 is 1. The normalized spacial score (nSPS) is 9.57. The van der Waals surface area contributed by atoms with Crippen LogP contribution in [-0.2, 0) is 4.74 Å². The number of ether oxygens (including phenoxy) is 2. The summed E-state index contributed by atoms with van der Waals surface area (Å²) in [6, 6.07) is 5.45. The average molecular weight is 193 g/mol. The molecule has 14 heavy (non-hydrogen) atoms. The molecule has 76 valence electrons. The Bertz CT molecular complexity index is 334. The standard InChI is InChI=1S/C11H15NO2/c1-4-14-8(2)9-5-6-10(12)11(7-9)13-3/h5-7H,2,4,12H2,1,3H3. The van der Waals surface area contributed by atoms with Crippen LogP contribution in [0.1, 0.15) is 12.5 Å². The molecule has 1 aromatic carbocycles. The van der Waals surface area contributed by atoms with E-state index in [9.17, 15) is 0 Å². The maximum Gasteiger partial charge on any atom is 0.142 e. The van der Waals surface area contributed by atoms with Crippen LogP contribution in [0.15, 0.2) is 24.8 Å². The molecule has 0 saturated carbocycles. The minimum absolute atomic E-state index is 0.603. The third-order valence-electron chi connectivity index (χ3n) is 1.87. The lowest BCUT2D eigenvalue weighted by Gasteiger charge is -2.09. The summed E-state index contributed by atoms with van der Waals surface area (Å²) in [7, 11) is 1.58. The monoisotopic (exact) mass is 193 g/mol. The van der Waals surface area contributed by atoms with E-state index in [1.807, 2.05) is 19.1 Å². The summed E-state index contributed by atoms with van der Waals surface area (Å²) < 4.78 is 10.4. The number of benzene rings is 1. The van der Waals surface area contributed by atoms with Gasteiger partial charge in [0.15, 0.2) is 0 Å². The Hall–Kier alpha value is -1.64. The van der Waals surface area contributed by atoms with Crippen LogP contribution < -0.4 is 10.5 Å². The van der Waals surface area contributed by atoms with Crippen molar-refractivity contribution in [2.24, 2.45) is 0 Å². The summed E-state index contributed by atoms with van der Waals surface area (Å²) in [6.45, 7) is 6.32. The van der Waals surface area contributed by atoms with E-state index in [0.29, 0.717) is 23.8 Å². The zero-order chi connectivity index (χ0) is 10.6. The summed E-state index contributed by atoms with van der Waals surface area (Å²) in [5.41, 5.74) is 7.18. The molecule has 0 aliphatic heterocycles. The second kappa shape index (κ2) is 4.56. The lowest BCUT2D eigenvalue weighted by Crippen LogP contribution is -1.95. The van der Waals surface area contributed by atoms with Gasteiger partial charge in [-0.25, -0.2) is 0 Å². The largest absolute Gasteiger partial charge is 0.495 e. The second-order valence-corrected chi connectivity index (χ2v) is 2.81. The third-order valence-corrected chi connectivity index (χ3v) is 1.87. The van der Waals surface area contributed by atoms with Gasteiger partial charge in [-0.05, 0) is 25.1 Å². The zero-order valence-corrected chi connectivity index (χ0v) is 8.54. The Labute approximate surface area is 84.1 Å². The number of nitrogen functional groups attached to an aromatic ring is 1. The van der Waals surface area contributed by atoms with Gasteiger partial charge in [0, 0.05) is 5.56 Å². The first kappa shape index (κ1) is 10.4. The van der Waals surface area contributed by atoms with Gasteiger partial charge < -0.3 is 15.2 Å². The molecule has 1 aromatic rings. The van der Waals surface area contributed by atoms with Crippen LogP contribution in [0.5, 0.6) is 5.75 Å². The molecule has 0 amide bonds. The molecular weight excluding hydrogens is 178 g/mol. The summed E-state index contributed by atoms with van der Waals surface area (Å²) >= 11 is 0. The minimum Gasteiger partial charge on any atom is -0.495 e. The first-order valence-corrected chi connectivity index (χ1v) is 4.44. The number of anilines is 1. The van der Waals surface area contributed by atoms with Gasteiger partial charge in [0.2, 0.25) is 0 Å². The highest BCUT2D eigenvalue weighted by Gasteiger charge is 2.04. The van der Waals surface area contributed by atoms with E-state index in [4.69, 9.17) is 15.2 Å². The van der Waals surface area contributed by atoms with E-state index in [-0.39, 0.29) is 0 Å². The molecule has 0 heterocycles. The number of hydrogen-bond donors (Lipinski definition) is 1. The van der Waals surface area contributed by atoms with Gasteiger partial charge in [-0.1, -0.05) is 6.58 Å². The second-order valence-electron chi connectivity index (χ2n) is 2.81. The number of rotatable bonds is 4. The summed E-state index contributed by atoms with van der Waals surface area (Å²) in [5, 5.41) is 0. The van der Waals surface area contributed by atoms with Crippen molar-refractivity contribution in [2.75, 3.05) is 19.5 Å². The van der Waals surface area contributed by atoms with E-state index in [0.717, 1.165) is 5.56 Å². The molecule has 1 rings (SSSR count). The molecule has 0 fully saturated rings. The molecule has 3 heteroatoms. The van der Waals surface area contributed by atoms with Crippen molar-refractivity contribution in [3.63, 3.8) is 0 Å². The van der Waals surface area contributed by atoms with E-state index < -0.39 is 0 Å². The fourth-order valence-corrected chi connectivity index (χ4v) is 1.14. The van der Waals surface area contributed by atoms with E-state index in [2.05, 4.69) is 6.58 Å². The predicted molar refractivity (Wildman–Crippen MR) is 58.1 cm³/mol. The lowest BCUT2D eigenvalue weighted by molar-refractivity contribution is 0.299. The first-order chi connectivity index (χ1) is 6.69. The lowest BCUT2D eigenvalue weighted by atomic mass is 10.1. The molecule has 0 unspecified atom stereocenters. The molecule has 0 aromatic heterocycles. The van der Waals surface area contributed by atoms with E-state index >= 15 is 0 Å². The Morgan fingerprint density at radius 1 is 1.50 bits per heavy atom. The van der Waals surface area contributed by atoms with Crippen LogP contribution in [0.4, 0.5) is 5.69 Å². The van der Waals surface area contributed by atoms with Gasteiger partial charge in [-0.15, -0.1) is 0 Å². The fraction of sp³-hybridized carbons (Fsp3) is 0.273. The topological polar surface area (TPSA) is 44.5 Å². The van der Waals surface area contributed by atoms with E-state index in [1.165, 1.54) is 0 Å². The molecule has 0 aliphatic carbocycles. The van der Waals surface area contributed by atoms with Crippen LogP contribution in [-0.4, -0.2) is 13.7 Å². The van der Waals surface area contributed by atoms with Crippen LogP contribution in [0.2, 0.25) is 0 Å². The molecule has 0 spiro atoms. The van der Waals surface area contributed by atoms with Crippen LogP contribution in [0.25, 0.3) is 5.76 Å². The Balaban J connectivity index is 2.94. The van der Waals surface area contributed by atoms with Crippen molar-refractivity contribution in [3.05, 3.63) is 30.3 Å². The van der Waals surface area contributed by atoms with Crippen molar-refractivity contribution in [1.29, 1.82) is 0 Å². The smallest absolute Gasteiger partial charge is 0.142 e. The van der Waals surface area contributed by atoms with Gasteiger partial charge in [-0.2, -0.15) is 0 Å². The van der Waals surface area contributed by atoms with Crippen molar-refractivity contribution >= 4 is 11.4 Å². The van der Waals surface area contributed by atoms with Crippen LogP contribution >= 0.6 is 0 Å². The highest BCUT2D eigenvalue weighted by molar-refractivity contribution is 5.65. The average Bonchev–Trinajstić information content (AvgIpc) is 2.19. The van der Waals surface area contributed by atoms with Gasteiger partial charge in [0.05, 0.1) is 19.4 Å². The molecule has 0 radical (unpaired) electrons. The molecular formula is C11H15NO2. The predicted octanol–water partition coefficient (Wildman–Crippen LogP) is 2.28. The maximum absolute atomic E-state index is 5.68. The molecule has 0 atom stereocenters. The van der Waals surface area contributed by atoms with Gasteiger partial charge in [0.25, 0.3) is 0 Å². The van der Waals surface area contributed by atoms with Crippen molar-refractivity contribution in [1.82, 2.24) is 0 Å². The van der Waals surface area contributed by atoms with E-state index in [1.54, 1.807) is 13.2 Å². The molecule has 0 saturated heterocycles. The van der Waals surface area contributed by atoms with Gasteiger partial charge in [-0.3, -0.25) is 0 Å².